The summed E-state index contributed by atoms with van der Waals surface area (Å²) in [6.45, 7) is 0. The molecule has 3 aliphatic rings. The summed E-state index contributed by atoms with van der Waals surface area (Å²) in [6, 6.07) is 8.74. The largest absolute Gasteiger partial charge is 0.0616 e. The van der Waals surface area contributed by atoms with E-state index in [1.807, 2.05) is 0 Å². The van der Waals surface area contributed by atoms with Gasteiger partial charge in [-0.3, -0.25) is 0 Å². The van der Waals surface area contributed by atoms with Crippen molar-refractivity contribution in [3.05, 3.63) is 64.6 Å². The van der Waals surface area contributed by atoms with Crippen LogP contribution in [0.1, 0.15) is 36.8 Å². The summed E-state index contributed by atoms with van der Waals surface area (Å²) in [4.78, 5) is 0. The maximum absolute atomic E-state index is 2.38. The topological polar surface area (TPSA) is 0 Å². The van der Waals surface area contributed by atoms with E-state index in [2.05, 4.69) is 42.5 Å². The Morgan fingerprint density at radius 1 is 0.824 bits per heavy atom. The van der Waals surface area contributed by atoms with Crippen LogP contribution in [-0.2, 0) is 0 Å². The summed E-state index contributed by atoms with van der Waals surface area (Å²) < 4.78 is 0. The molecule has 0 saturated heterocycles. The molecule has 1 aromatic carbocycles. The number of hydrogen-bond donors (Lipinski definition) is 0. The van der Waals surface area contributed by atoms with Gasteiger partial charge in [0.2, 0.25) is 0 Å². The first-order valence-electron chi connectivity index (χ1n) is 6.52. The molecule has 0 aliphatic heterocycles. The Morgan fingerprint density at radius 3 is 2.71 bits per heavy atom. The van der Waals surface area contributed by atoms with Gasteiger partial charge in [0.15, 0.2) is 0 Å². The second-order valence-corrected chi connectivity index (χ2v) is 5.10. The number of allylic oxidation sites excluding steroid dienone is 5. The van der Waals surface area contributed by atoms with Gasteiger partial charge in [0.1, 0.15) is 0 Å². The highest BCUT2D eigenvalue weighted by Gasteiger charge is 2.31. The monoisotopic (exact) mass is 219 g/mol. The van der Waals surface area contributed by atoms with Crippen LogP contribution in [0.5, 0.6) is 0 Å². The van der Waals surface area contributed by atoms with Gasteiger partial charge in [0.05, 0.1) is 0 Å². The van der Waals surface area contributed by atoms with Crippen molar-refractivity contribution in [3.8, 4) is 0 Å². The van der Waals surface area contributed by atoms with Crippen LogP contribution < -0.4 is 0 Å². The Labute approximate surface area is 102 Å². The van der Waals surface area contributed by atoms with E-state index >= 15 is 0 Å². The molecular weight excluding hydrogens is 204 g/mol. The smallest absolute Gasteiger partial charge is 0.0305 e. The predicted molar refractivity (Wildman–Crippen MR) is 72.2 cm³/mol. The van der Waals surface area contributed by atoms with Crippen molar-refractivity contribution in [3.63, 3.8) is 0 Å². The minimum absolute atomic E-state index is 1.27. The number of hydrogen-bond acceptors (Lipinski definition) is 0. The molecule has 3 aliphatic carbocycles. The van der Waals surface area contributed by atoms with Gasteiger partial charge < -0.3 is 0 Å². The molecule has 4 rings (SSSR count). The maximum Gasteiger partial charge on any atom is 0.0305 e. The fourth-order valence-corrected chi connectivity index (χ4v) is 3.28. The van der Waals surface area contributed by atoms with Gasteiger partial charge in [-0.15, -0.1) is 0 Å². The lowest BCUT2D eigenvalue weighted by Crippen LogP contribution is -2.12. The Balaban J connectivity index is 1.87. The minimum atomic E-state index is 1.27. The van der Waals surface area contributed by atoms with Crippen LogP contribution >= 0.6 is 0 Å². The Hall–Kier alpha value is -1.56. The molecule has 0 atom stereocenters. The maximum atomic E-state index is 2.38. The van der Waals surface area contributed by atoms with Crippen molar-refractivity contribution in [2.24, 2.45) is 0 Å². The Kier molecular flexibility index (Phi) is 1.93. The van der Waals surface area contributed by atoms with Crippen LogP contribution in [0.4, 0.5) is 0 Å². The Morgan fingerprint density at radius 2 is 1.71 bits per heavy atom. The van der Waals surface area contributed by atoms with E-state index in [0.29, 0.717) is 0 Å². The molecule has 1 radical (unpaired) electrons. The van der Waals surface area contributed by atoms with Gasteiger partial charge in [-0.1, -0.05) is 48.4 Å². The lowest BCUT2D eigenvalue weighted by atomic mass is 9.74. The molecule has 0 aromatic heterocycles. The lowest BCUT2D eigenvalue weighted by molar-refractivity contribution is 0.638. The van der Waals surface area contributed by atoms with Crippen molar-refractivity contribution >= 4 is 11.6 Å². The molecule has 0 nitrogen and oxygen atoms in total. The molecule has 1 fully saturated rings. The first kappa shape index (κ1) is 9.47. The zero-order chi connectivity index (χ0) is 11.2. The first-order chi connectivity index (χ1) is 8.43. The summed E-state index contributed by atoms with van der Waals surface area (Å²) in [6.07, 6.45) is 12.3. The van der Waals surface area contributed by atoms with Gasteiger partial charge in [-0.2, -0.15) is 0 Å². The second-order valence-electron chi connectivity index (χ2n) is 5.10. The molecule has 0 amide bonds. The van der Waals surface area contributed by atoms with Crippen molar-refractivity contribution in [2.75, 3.05) is 0 Å². The van der Waals surface area contributed by atoms with Gasteiger partial charge in [0, 0.05) is 5.92 Å². The van der Waals surface area contributed by atoms with E-state index in [-0.39, 0.29) is 0 Å². The molecular formula is C17H15. The fourth-order valence-electron chi connectivity index (χ4n) is 3.28. The van der Waals surface area contributed by atoms with Crippen LogP contribution in [-0.4, -0.2) is 0 Å². The predicted octanol–water partition coefficient (Wildman–Crippen LogP) is 4.56. The molecule has 1 saturated carbocycles. The average molecular weight is 219 g/mol. The Bertz CT molecular complexity index is 569. The normalized spacial score (nSPS) is 22.0. The zero-order valence-corrected chi connectivity index (χ0v) is 9.87. The number of rotatable bonds is 0. The fraction of sp³-hybridized carbons (Fsp3) is 0.235. The molecule has 0 heterocycles. The molecule has 17 heavy (non-hydrogen) atoms. The molecule has 0 spiro atoms. The van der Waals surface area contributed by atoms with Crippen LogP contribution in [0, 0.1) is 5.92 Å². The lowest BCUT2D eigenvalue weighted by Gasteiger charge is -2.29. The number of benzene rings is 1. The van der Waals surface area contributed by atoms with Gasteiger partial charge in [0.25, 0.3) is 0 Å². The highest BCUT2D eigenvalue weighted by atomic mass is 14.3. The van der Waals surface area contributed by atoms with E-state index < -0.39 is 0 Å². The molecule has 0 heteroatoms. The van der Waals surface area contributed by atoms with Crippen molar-refractivity contribution in [2.45, 2.75) is 25.7 Å². The number of fused-ring (bicyclic) bond motifs is 5. The van der Waals surface area contributed by atoms with E-state index in [9.17, 15) is 0 Å². The third-order valence-corrected chi connectivity index (χ3v) is 4.13. The standard InChI is InChI=1S/C17H15/c1-3-7-14-12(5-1)9-10-16-15-8-4-2-6-13(15)11-17(14)16/h2,4,6,8-11H,1,3,5,7H2. The first-order valence-corrected chi connectivity index (χ1v) is 6.52. The van der Waals surface area contributed by atoms with E-state index in [0.717, 1.165) is 0 Å². The van der Waals surface area contributed by atoms with Gasteiger partial charge in [-0.25, -0.2) is 0 Å². The minimum Gasteiger partial charge on any atom is -0.0616 e. The van der Waals surface area contributed by atoms with E-state index in [1.54, 1.807) is 11.5 Å². The molecule has 0 bridgehead atoms. The van der Waals surface area contributed by atoms with Crippen LogP contribution in [0.2, 0.25) is 0 Å². The van der Waals surface area contributed by atoms with Crippen LogP contribution in [0.3, 0.4) is 0 Å². The third-order valence-electron chi connectivity index (χ3n) is 4.13. The zero-order valence-electron chi connectivity index (χ0n) is 9.87. The van der Waals surface area contributed by atoms with Crippen molar-refractivity contribution in [1.82, 2.24) is 0 Å². The summed E-state index contributed by atoms with van der Waals surface area (Å²) in [5.74, 6) is 1.62. The average Bonchev–Trinajstić information content (AvgIpc) is 2.78. The quantitative estimate of drug-likeness (QED) is 0.600. The summed E-state index contributed by atoms with van der Waals surface area (Å²) in [5.41, 5.74) is 7.33. The summed E-state index contributed by atoms with van der Waals surface area (Å²) in [5, 5.41) is 0. The highest BCUT2D eigenvalue weighted by Crippen LogP contribution is 2.49. The van der Waals surface area contributed by atoms with E-state index in [4.69, 9.17) is 0 Å². The molecule has 0 unspecified atom stereocenters. The van der Waals surface area contributed by atoms with Crippen molar-refractivity contribution in [1.29, 1.82) is 0 Å². The molecule has 0 N–H and O–H groups in total. The third kappa shape index (κ3) is 1.30. The second kappa shape index (κ2) is 3.46. The highest BCUT2D eigenvalue weighted by molar-refractivity contribution is 6.00. The SMILES string of the molecule is C1=C2CCCC[C]2C2=Cc3ccccc3C2=C1. The summed E-state index contributed by atoms with van der Waals surface area (Å²) in [7, 11) is 0. The van der Waals surface area contributed by atoms with E-state index in [1.165, 1.54) is 48.0 Å². The van der Waals surface area contributed by atoms with Crippen LogP contribution in [0.25, 0.3) is 11.6 Å². The van der Waals surface area contributed by atoms with Crippen molar-refractivity contribution < 1.29 is 0 Å². The van der Waals surface area contributed by atoms with Gasteiger partial charge >= 0.3 is 0 Å². The van der Waals surface area contributed by atoms with Gasteiger partial charge in [-0.05, 0) is 47.6 Å². The molecule has 1 aromatic rings. The van der Waals surface area contributed by atoms with Crippen LogP contribution in [0.15, 0.2) is 47.6 Å². The summed E-state index contributed by atoms with van der Waals surface area (Å²) >= 11 is 0. The molecule has 83 valence electrons.